The van der Waals surface area contributed by atoms with Gasteiger partial charge < -0.3 is 10.0 Å². The van der Waals surface area contributed by atoms with E-state index in [2.05, 4.69) is 5.10 Å². The zero-order valence-corrected chi connectivity index (χ0v) is 10.9. The number of amides is 1. The molecule has 1 aliphatic rings. The number of rotatable bonds is 5. The number of carbonyl (C=O) groups excluding carboxylic acids is 1. The summed E-state index contributed by atoms with van der Waals surface area (Å²) in [6, 6.07) is 1.21. The van der Waals surface area contributed by atoms with E-state index in [9.17, 15) is 9.59 Å². The van der Waals surface area contributed by atoms with E-state index in [1.54, 1.807) is 10.9 Å². The monoisotopic (exact) mass is 265 g/mol. The third-order valence-electron chi connectivity index (χ3n) is 3.45. The lowest BCUT2D eigenvalue weighted by atomic mass is 10.0. The van der Waals surface area contributed by atoms with Gasteiger partial charge in [0, 0.05) is 31.9 Å². The number of aryl methyl sites for hydroxylation is 1. The van der Waals surface area contributed by atoms with Crippen LogP contribution in [0.15, 0.2) is 18.5 Å². The Kier molecular flexibility index (Phi) is 4.54. The van der Waals surface area contributed by atoms with Gasteiger partial charge in [-0.05, 0) is 31.7 Å². The molecule has 2 rings (SSSR count). The summed E-state index contributed by atoms with van der Waals surface area (Å²) in [7, 11) is 0. The highest BCUT2D eigenvalue weighted by atomic mass is 16.4. The molecule has 104 valence electrons. The first-order chi connectivity index (χ1) is 9.18. The van der Waals surface area contributed by atoms with Crippen LogP contribution in [0, 0.1) is 0 Å². The van der Waals surface area contributed by atoms with Crippen molar-refractivity contribution in [3.05, 3.63) is 18.5 Å². The van der Waals surface area contributed by atoms with Gasteiger partial charge in [0.2, 0.25) is 5.91 Å². The van der Waals surface area contributed by atoms with Gasteiger partial charge in [-0.15, -0.1) is 0 Å². The lowest BCUT2D eigenvalue weighted by Crippen LogP contribution is -2.47. The number of aliphatic carboxylic acids is 1. The first-order valence-corrected chi connectivity index (χ1v) is 6.68. The minimum atomic E-state index is -0.889. The van der Waals surface area contributed by atoms with E-state index >= 15 is 0 Å². The van der Waals surface area contributed by atoms with E-state index in [1.807, 2.05) is 12.3 Å². The lowest BCUT2D eigenvalue weighted by Gasteiger charge is -2.33. The molecule has 1 aromatic heterocycles. The Balaban J connectivity index is 1.82. The summed E-state index contributed by atoms with van der Waals surface area (Å²) >= 11 is 0. The van der Waals surface area contributed by atoms with Gasteiger partial charge in [-0.1, -0.05) is 0 Å². The number of carboxylic acid groups (broad SMARTS) is 1. The summed E-state index contributed by atoms with van der Waals surface area (Å²) in [4.78, 5) is 24.7. The fourth-order valence-electron chi connectivity index (χ4n) is 2.46. The van der Waals surface area contributed by atoms with Crippen LogP contribution in [0.2, 0.25) is 0 Å². The van der Waals surface area contributed by atoms with E-state index in [0.29, 0.717) is 32.4 Å². The molecule has 0 saturated carbocycles. The van der Waals surface area contributed by atoms with Crippen LogP contribution in [0.3, 0.4) is 0 Å². The van der Waals surface area contributed by atoms with Gasteiger partial charge in [0.1, 0.15) is 6.04 Å². The van der Waals surface area contributed by atoms with Crippen LogP contribution in [-0.4, -0.2) is 44.3 Å². The van der Waals surface area contributed by atoms with E-state index in [1.165, 1.54) is 4.90 Å². The topological polar surface area (TPSA) is 75.4 Å². The standard InChI is InChI=1S/C13H19N3O3/c17-12(6-3-8-15-9-4-7-14-15)16-10-2-1-5-11(16)13(18)19/h4,7,9,11H,1-3,5-6,8,10H2,(H,18,19). The molecule has 6 heteroatoms. The Morgan fingerprint density at radius 3 is 2.89 bits per heavy atom. The van der Waals surface area contributed by atoms with Crippen molar-refractivity contribution in [2.24, 2.45) is 0 Å². The lowest BCUT2D eigenvalue weighted by molar-refractivity contribution is -0.152. The quantitative estimate of drug-likeness (QED) is 0.866. The zero-order chi connectivity index (χ0) is 13.7. The zero-order valence-electron chi connectivity index (χ0n) is 10.9. The molecule has 1 fully saturated rings. The molecule has 0 bridgehead atoms. The van der Waals surface area contributed by atoms with Crippen molar-refractivity contribution in [2.75, 3.05) is 6.54 Å². The summed E-state index contributed by atoms with van der Waals surface area (Å²) < 4.78 is 1.78. The molecule has 1 aliphatic heterocycles. The molecule has 0 radical (unpaired) electrons. The molecular weight excluding hydrogens is 246 g/mol. The van der Waals surface area contributed by atoms with Gasteiger partial charge >= 0.3 is 5.97 Å². The van der Waals surface area contributed by atoms with Gasteiger partial charge in [-0.2, -0.15) is 5.10 Å². The number of carbonyl (C=O) groups is 2. The van der Waals surface area contributed by atoms with Crippen molar-refractivity contribution in [1.82, 2.24) is 14.7 Å². The maximum Gasteiger partial charge on any atom is 0.326 e. The number of carboxylic acids is 1. The normalized spacial score (nSPS) is 19.4. The second kappa shape index (κ2) is 6.36. The molecule has 1 N–H and O–H groups in total. The third-order valence-corrected chi connectivity index (χ3v) is 3.45. The van der Waals surface area contributed by atoms with Crippen LogP contribution < -0.4 is 0 Å². The van der Waals surface area contributed by atoms with Gasteiger partial charge in [-0.25, -0.2) is 4.79 Å². The molecule has 2 heterocycles. The molecule has 19 heavy (non-hydrogen) atoms. The molecule has 1 amide bonds. The fourth-order valence-corrected chi connectivity index (χ4v) is 2.46. The minimum absolute atomic E-state index is 0.0562. The predicted molar refractivity (Wildman–Crippen MR) is 68.4 cm³/mol. The number of nitrogens with zero attached hydrogens (tertiary/aromatic N) is 3. The third kappa shape index (κ3) is 3.56. The molecule has 0 spiro atoms. The Hall–Kier alpha value is -1.85. The summed E-state index contributed by atoms with van der Waals surface area (Å²) in [6.07, 6.45) is 6.97. The van der Waals surface area contributed by atoms with Crippen molar-refractivity contribution >= 4 is 11.9 Å². The van der Waals surface area contributed by atoms with E-state index in [0.717, 1.165) is 12.8 Å². The van der Waals surface area contributed by atoms with Gasteiger partial charge in [-0.3, -0.25) is 9.48 Å². The molecular formula is C13H19N3O3. The largest absolute Gasteiger partial charge is 0.480 e. The van der Waals surface area contributed by atoms with Crippen molar-refractivity contribution in [1.29, 1.82) is 0 Å². The predicted octanol–water partition coefficient (Wildman–Crippen LogP) is 1.13. The second-order valence-corrected chi connectivity index (χ2v) is 4.81. The highest BCUT2D eigenvalue weighted by Crippen LogP contribution is 2.18. The molecule has 1 atom stereocenters. The summed E-state index contributed by atoms with van der Waals surface area (Å²) in [5.74, 6) is -0.945. The summed E-state index contributed by atoms with van der Waals surface area (Å²) in [5, 5.41) is 13.2. The summed E-state index contributed by atoms with van der Waals surface area (Å²) in [5.41, 5.74) is 0. The number of hydrogen-bond donors (Lipinski definition) is 1. The smallest absolute Gasteiger partial charge is 0.326 e. The average molecular weight is 265 g/mol. The van der Waals surface area contributed by atoms with E-state index in [4.69, 9.17) is 5.11 Å². The van der Waals surface area contributed by atoms with Crippen LogP contribution >= 0.6 is 0 Å². The van der Waals surface area contributed by atoms with E-state index in [-0.39, 0.29) is 5.91 Å². The van der Waals surface area contributed by atoms with E-state index < -0.39 is 12.0 Å². The second-order valence-electron chi connectivity index (χ2n) is 4.81. The SMILES string of the molecule is O=C(O)C1CCCCN1C(=O)CCCn1cccn1. The van der Waals surface area contributed by atoms with Crippen molar-refractivity contribution in [3.8, 4) is 0 Å². The Morgan fingerprint density at radius 1 is 1.37 bits per heavy atom. The van der Waals surface area contributed by atoms with Crippen molar-refractivity contribution in [2.45, 2.75) is 44.7 Å². The number of hydrogen-bond acceptors (Lipinski definition) is 3. The minimum Gasteiger partial charge on any atom is -0.480 e. The maximum absolute atomic E-state index is 12.1. The van der Waals surface area contributed by atoms with Crippen LogP contribution in [-0.2, 0) is 16.1 Å². The molecule has 0 aliphatic carbocycles. The van der Waals surface area contributed by atoms with Gasteiger partial charge in [0.25, 0.3) is 0 Å². The number of likely N-dealkylation sites (tertiary alicyclic amines) is 1. The van der Waals surface area contributed by atoms with Crippen molar-refractivity contribution in [3.63, 3.8) is 0 Å². The Bertz CT molecular complexity index is 430. The molecule has 6 nitrogen and oxygen atoms in total. The Morgan fingerprint density at radius 2 is 2.21 bits per heavy atom. The first kappa shape index (κ1) is 13.6. The number of piperidine rings is 1. The van der Waals surface area contributed by atoms with Crippen LogP contribution in [0.5, 0.6) is 0 Å². The highest BCUT2D eigenvalue weighted by Gasteiger charge is 2.31. The van der Waals surface area contributed by atoms with Crippen LogP contribution in [0.25, 0.3) is 0 Å². The summed E-state index contributed by atoms with van der Waals surface area (Å²) in [6.45, 7) is 1.25. The molecule has 0 aromatic carbocycles. The Labute approximate surface area is 112 Å². The molecule has 1 aromatic rings. The molecule has 1 saturated heterocycles. The maximum atomic E-state index is 12.1. The van der Waals surface area contributed by atoms with Crippen LogP contribution in [0.4, 0.5) is 0 Å². The van der Waals surface area contributed by atoms with Crippen LogP contribution in [0.1, 0.15) is 32.1 Å². The number of aromatic nitrogens is 2. The van der Waals surface area contributed by atoms with Gasteiger partial charge in [0.05, 0.1) is 0 Å². The average Bonchev–Trinajstić information content (AvgIpc) is 2.91. The highest BCUT2D eigenvalue weighted by molar-refractivity contribution is 5.83. The van der Waals surface area contributed by atoms with Crippen molar-refractivity contribution < 1.29 is 14.7 Å². The molecule has 1 unspecified atom stereocenters. The first-order valence-electron chi connectivity index (χ1n) is 6.68. The van der Waals surface area contributed by atoms with Gasteiger partial charge in [0.15, 0.2) is 0 Å². The fraction of sp³-hybridized carbons (Fsp3) is 0.615.